The van der Waals surface area contributed by atoms with Crippen LogP contribution in [-0.2, 0) is 20.4 Å². The Balaban J connectivity index is 1.62. The number of rotatable bonds is 7. The Labute approximate surface area is 184 Å². The van der Waals surface area contributed by atoms with E-state index in [4.69, 9.17) is 0 Å². The van der Waals surface area contributed by atoms with Crippen LogP contribution in [0.5, 0.6) is 0 Å². The second kappa shape index (κ2) is 7.27. The van der Waals surface area contributed by atoms with Crippen molar-refractivity contribution in [2.45, 2.75) is 42.0 Å². The van der Waals surface area contributed by atoms with Gasteiger partial charge in [0.2, 0.25) is 0 Å². The fourth-order valence-corrected chi connectivity index (χ4v) is 6.59. The highest BCUT2D eigenvalue weighted by Crippen LogP contribution is 2.58. The lowest BCUT2D eigenvalue weighted by atomic mass is 10.0. The molecule has 3 aromatic rings. The summed E-state index contributed by atoms with van der Waals surface area (Å²) in [7, 11) is -4.09. The molecule has 0 unspecified atom stereocenters. The fraction of sp³-hybridized carbons (Fsp3) is 0.333. The maximum Gasteiger partial charge on any atom is 0.325 e. The van der Waals surface area contributed by atoms with Gasteiger partial charge in [0.1, 0.15) is 14.7 Å². The van der Waals surface area contributed by atoms with E-state index in [1.807, 2.05) is 6.07 Å². The first-order valence-corrected chi connectivity index (χ1v) is 12.0. The van der Waals surface area contributed by atoms with E-state index in [1.165, 1.54) is 16.9 Å². The lowest BCUT2D eigenvalue weighted by Crippen LogP contribution is -2.45. The number of aliphatic carboxylic acids is 1. The quantitative estimate of drug-likeness (QED) is 0.497. The van der Waals surface area contributed by atoms with Gasteiger partial charge in [-0.3, -0.25) is 4.79 Å². The fourth-order valence-electron chi connectivity index (χ4n) is 3.91. The second-order valence-corrected chi connectivity index (χ2v) is 11.3. The van der Waals surface area contributed by atoms with Crippen LogP contribution >= 0.6 is 11.3 Å². The Morgan fingerprint density at radius 1 is 1.23 bits per heavy atom. The number of carboxylic acid groups (broad SMARTS) is 1. The van der Waals surface area contributed by atoms with Gasteiger partial charge in [-0.05, 0) is 37.5 Å². The molecule has 1 aliphatic carbocycles. The van der Waals surface area contributed by atoms with E-state index in [9.17, 15) is 23.4 Å². The number of aromatic nitrogens is 2. The van der Waals surface area contributed by atoms with E-state index < -0.39 is 39.0 Å². The summed E-state index contributed by atoms with van der Waals surface area (Å²) in [4.78, 5) is 12.1. The maximum absolute atomic E-state index is 13.1. The van der Waals surface area contributed by atoms with Gasteiger partial charge in [-0.2, -0.15) is 9.82 Å². The topological polar surface area (TPSA) is 122 Å². The van der Waals surface area contributed by atoms with Crippen molar-refractivity contribution in [2.24, 2.45) is 5.92 Å². The number of thiophene rings is 1. The van der Waals surface area contributed by atoms with Gasteiger partial charge >= 0.3 is 5.97 Å². The molecule has 0 aliphatic heterocycles. The van der Waals surface area contributed by atoms with Crippen LogP contribution in [0.15, 0.2) is 59.1 Å². The third-order valence-corrected chi connectivity index (χ3v) is 8.81. The Kier molecular flexibility index (Phi) is 5.08. The molecule has 1 saturated carbocycles. The number of sulfonamides is 1. The molecule has 10 heteroatoms. The van der Waals surface area contributed by atoms with E-state index in [1.54, 1.807) is 57.3 Å². The number of aliphatic hydroxyl groups is 1. The summed E-state index contributed by atoms with van der Waals surface area (Å²) >= 11 is 0.971. The number of hydrogen-bond donors (Lipinski definition) is 3. The molecule has 0 amide bonds. The molecule has 3 N–H and O–H groups in total. The predicted molar refractivity (Wildman–Crippen MR) is 116 cm³/mol. The summed E-state index contributed by atoms with van der Waals surface area (Å²) in [6, 6.07) is 12.1. The molecule has 4 rings (SSSR count). The number of nitrogens with zero attached hydrogens (tertiary/aromatic N) is 2. The van der Waals surface area contributed by atoms with Crippen molar-refractivity contribution in [1.82, 2.24) is 14.5 Å². The standard InChI is InChI=1S/C21H23N3O5S2/c1-13-18(14-7-5-4-6-8-14)21(13,19(25)26)23-31(28,29)17-10-9-16(30-17)24-12-15(11-22-24)20(2,3)27/h4-13,18,23,27H,1-3H3,(H,25,26)/t13-,18-,21+/m1/s1. The first kappa shape index (κ1) is 21.7. The van der Waals surface area contributed by atoms with Crippen LogP contribution in [-0.4, -0.2) is 39.9 Å². The molecule has 3 atom stereocenters. The monoisotopic (exact) mass is 461 g/mol. The zero-order valence-corrected chi connectivity index (χ0v) is 18.8. The van der Waals surface area contributed by atoms with Crippen molar-refractivity contribution in [1.29, 1.82) is 0 Å². The molecule has 1 aliphatic rings. The van der Waals surface area contributed by atoms with Crippen LogP contribution in [0.3, 0.4) is 0 Å². The average molecular weight is 462 g/mol. The van der Waals surface area contributed by atoms with E-state index in [-0.39, 0.29) is 4.21 Å². The van der Waals surface area contributed by atoms with Crippen molar-refractivity contribution < 1.29 is 23.4 Å². The molecule has 8 nitrogen and oxygen atoms in total. The summed E-state index contributed by atoms with van der Waals surface area (Å²) in [6.07, 6.45) is 3.14. The van der Waals surface area contributed by atoms with Crippen molar-refractivity contribution in [3.8, 4) is 5.00 Å². The summed E-state index contributed by atoms with van der Waals surface area (Å²) in [5.74, 6) is -2.06. The Hall–Kier alpha value is -2.53. The minimum Gasteiger partial charge on any atom is -0.480 e. The van der Waals surface area contributed by atoms with Gasteiger partial charge < -0.3 is 10.2 Å². The lowest BCUT2D eigenvalue weighted by Gasteiger charge is -2.15. The van der Waals surface area contributed by atoms with Crippen LogP contribution in [0.1, 0.15) is 37.8 Å². The van der Waals surface area contributed by atoms with Crippen molar-refractivity contribution in [3.63, 3.8) is 0 Å². The molecular formula is C21H23N3O5S2. The van der Waals surface area contributed by atoms with Gasteiger partial charge in [-0.25, -0.2) is 13.1 Å². The average Bonchev–Trinajstić information content (AvgIpc) is 3.13. The normalized spacial score (nSPS) is 23.6. The molecule has 31 heavy (non-hydrogen) atoms. The number of benzene rings is 1. The molecule has 1 aromatic carbocycles. The smallest absolute Gasteiger partial charge is 0.325 e. The Bertz CT molecular complexity index is 1230. The summed E-state index contributed by atoms with van der Waals surface area (Å²) in [6.45, 7) is 5.00. The molecule has 1 fully saturated rings. The molecule has 0 radical (unpaired) electrons. The molecule has 2 heterocycles. The zero-order valence-electron chi connectivity index (χ0n) is 17.2. The highest BCUT2D eigenvalue weighted by molar-refractivity contribution is 7.91. The van der Waals surface area contributed by atoms with Crippen molar-refractivity contribution in [2.75, 3.05) is 0 Å². The SMILES string of the molecule is C[C@@H]1[C@H](c2ccccc2)[C@]1(NS(=O)(=O)c1ccc(-n2cc(C(C)(C)O)cn2)s1)C(=O)O. The van der Waals surface area contributed by atoms with E-state index in [2.05, 4.69) is 9.82 Å². The first-order chi connectivity index (χ1) is 14.5. The van der Waals surface area contributed by atoms with E-state index in [0.29, 0.717) is 10.6 Å². The maximum atomic E-state index is 13.1. The number of hydrogen-bond acceptors (Lipinski definition) is 6. The summed E-state index contributed by atoms with van der Waals surface area (Å²) in [5, 5.41) is 24.7. The van der Waals surface area contributed by atoms with Gasteiger partial charge in [-0.1, -0.05) is 37.3 Å². The zero-order chi connectivity index (χ0) is 22.6. The van der Waals surface area contributed by atoms with Gasteiger partial charge in [0, 0.05) is 17.7 Å². The molecule has 0 spiro atoms. The van der Waals surface area contributed by atoms with Gasteiger partial charge in [-0.15, -0.1) is 11.3 Å². The highest BCUT2D eigenvalue weighted by atomic mass is 32.2. The molecular weight excluding hydrogens is 438 g/mol. The minimum absolute atomic E-state index is 0.00524. The largest absolute Gasteiger partial charge is 0.480 e. The van der Waals surface area contributed by atoms with Crippen LogP contribution in [0.2, 0.25) is 0 Å². The summed E-state index contributed by atoms with van der Waals surface area (Å²) < 4.78 is 30.1. The van der Waals surface area contributed by atoms with Crippen LogP contribution < -0.4 is 4.72 Å². The van der Waals surface area contributed by atoms with Gasteiger partial charge in [0.25, 0.3) is 10.0 Å². The van der Waals surface area contributed by atoms with Crippen LogP contribution in [0.4, 0.5) is 0 Å². The first-order valence-electron chi connectivity index (χ1n) is 9.67. The van der Waals surface area contributed by atoms with Crippen molar-refractivity contribution >= 4 is 27.3 Å². The number of carboxylic acids is 1. The van der Waals surface area contributed by atoms with Crippen LogP contribution in [0, 0.1) is 5.92 Å². The molecule has 0 saturated heterocycles. The molecule has 164 valence electrons. The second-order valence-electron chi connectivity index (χ2n) is 8.28. The molecule has 2 aromatic heterocycles. The van der Waals surface area contributed by atoms with Gasteiger partial charge in [0.05, 0.1) is 11.8 Å². The number of nitrogens with one attached hydrogen (secondary N) is 1. The van der Waals surface area contributed by atoms with E-state index >= 15 is 0 Å². The van der Waals surface area contributed by atoms with Crippen LogP contribution in [0.25, 0.3) is 5.00 Å². The number of carbonyl (C=O) groups is 1. The Morgan fingerprint density at radius 3 is 2.48 bits per heavy atom. The predicted octanol–water partition coefficient (Wildman–Crippen LogP) is 2.70. The third-order valence-electron chi connectivity index (χ3n) is 5.76. The van der Waals surface area contributed by atoms with Gasteiger partial charge in [0.15, 0.2) is 0 Å². The van der Waals surface area contributed by atoms with E-state index in [0.717, 1.165) is 16.9 Å². The summed E-state index contributed by atoms with van der Waals surface area (Å²) in [5.41, 5.74) is -1.30. The highest BCUT2D eigenvalue weighted by Gasteiger charge is 2.70. The molecule has 0 bridgehead atoms. The minimum atomic E-state index is -4.09. The third kappa shape index (κ3) is 3.69. The van der Waals surface area contributed by atoms with Crippen molar-refractivity contribution in [3.05, 3.63) is 66.0 Å². The Morgan fingerprint density at radius 2 is 1.90 bits per heavy atom. The lowest BCUT2D eigenvalue weighted by molar-refractivity contribution is -0.140.